The molecule has 3 amide bonds. The van der Waals surface area contributed by atoms with Crippen LogP contribution < -0.4 is 16.0 Å². The van der Waals surface area contributed by atoms with Gasteiger partial charge in [0.15, 0.2) is 5.82 Å². The van der Waals surface area contributed by atoms with Crippen molar-refractivity contribution in [1.82, 2.24) is 40.6 Å². The molecule has 4 rings (SSSR count). The van der Waals surface area contributed by atoms with Gasteiger partial charge < -0.3 is 16.0 Å². The first-order valence-corrected chi connectivity index (χ1v) is 14.3. The number of carbonyl (C=O) groups excluding carboxylic acids is 3. The van der Waals surface area contributed by atoms with Crippen molar-refractivity contribution >= 4 is 17.7 Å². The Morgan fingerprint density at radius 3 is 2.49 bits per heavy atom. The largest absolute Gasteiger partial charge is 0.353 e. The van der Waals surface area contributed by atoms with Gasteiger partial charge in [0.2, 0.25) is 17.7 Å². The number of nitrogens with one attached hydrogen (secondary N) is 3. The van der Waals surface area contributed by atoms with Crippen LogP contribution in [0.4, 0.5) is 0 Å². The fraction of sp³-hybridized carbons (Fsp3) is 0.467. The molecule has 2 atom stereocenters. The van der Waals surface area contributed by atoms with E-state index in [-0.39, 0.29) is 36.6 Å². The van der Waals surface area contributed by atoms with Crippen molar-refractivity contribution in [3.05, 3.63) is 66.2 Å². The number of benzene rings is 1. The summed E-state index contributed by atoms with van der Waals surface area (Å²) in [7, 11) is 0. The molecule has 3 N–H and O–H groups in total. The highest BCUT2D eigenvalue weighted by Crippen LogP contribution is 2.19. The van der Waals surface area contributed by atoms with Crippen LogP contribution >= 0.6 is 0 Å². The van der Waals surface area contributed by atoms with Crippen LogP contribution in [0.3, 0.4) is 0 Å². The van der Waals surface area contributed by atoms with Gasteiger partial charge in [-0.2, -0.15) is 5.10 Å². The first-order valence-electron chi connectivity index (χ1n) is 14.3. The van der Waals surface area contributed by atoms with Gasteiger partial charge in [-0.1, -0.05) is 50.2 Å². The molecule has 0 fully saturated rings. The summed E-state index contributed by atoms with van der Waals surface area (Å²) in [6.07, 6.45) is 3.16. The zero-order chi connectivity index (χ0) is 29.2. The van der Waals surface area contributed by atoms with E-state index < -0.39 is 12.1 Å². The third kappa shape index (κ3) is 8.94. The minimum atomic E-state index is -0.682. The molecule has 1 aromatic carbocycles. The molecule has 41 heavy (non-hydrogen) atoms. The lowest BCUT2D eigenvalue weighted by Crippen LogP contribution is -2.48. The monoisotopic (exact) mass is 560 g/mol. The highest BCUT2D eigenvalue weighted by Gasteiger charge is 2.26. The van der Waals surface area contributed by atoms with Crippen molar-refractivity contribution in [2.24, 2.45) is 5.92 Å². The van der Waals surface area contributed by atoms with E-state index in [0.29, 0.717) is 50.7 Å². The molecule has 0 spiro atoms. The Bertz CT molecular complexity index is 1300. The number of amides is 3. The molecule has 0 radical (unpaired) electrons. The second-order valence-corrected chi connectivity index (χ2v) is 10.8. The first kappa shape index (κ1) is 29.9. The number of pyridine rings is 1. The quantitative estimate of drug-likeness (QED) is 0.436. The Kier molecular flexibility index (Phi) is 10.6. The van der Waals surface area contributed by atoms with Crippen LogP contribution in [0.15, 0.2) is 54.7 Å². The molecular formula is C30H40N8O3. The Hall–Kier alpha value is -4.12. The highest BCUT2D eigenvalue weighted by atomic mass is 16.2. The highest BCUT2D eigenvalue weighted by molar-refractivity contribution is 5.87. The average molecular weight is 561 g/mol. The SMILES string of the molecule is CC(C)C[C@H]1NC(=O)CCCN(Cc2ccccn2)CCNC(=O)Cn2nc(-c3ccccc3)nc2[C@H](C)NC1=O. The number of nitrogens with zero attached hydrogens (tertiary/aromatic N) is 5. The molecule has 218 valence electrons. The van der Waals surface area contributed by atoms with Crippen molar-refractivity contribution in [3.8, 4) is 11.4 Å². The van der Waals surface area contributed by atoms with Crippen LogP contribution in [0.5, 0.6) is 0 Å². The van der Waals surface area contributed by atoms with Gasteiger partial charge in [-0.3, -0.25) is 24.3 Å². The number of fused-ring (bicyclic) bond motifs is 1. The fourth-order valence-electron chi connectivity index (χ4n) is 4.85. The summed E-state index contributed by atoms with van der Waals surface area (Å²) >= 11 is 0. The summed E-state index contributed by atoms with van der Waals surface area (Å²) < 4.78 is 1.54. The van der Waals surface area contributed by atoms with Crippen molar-refractivity contribution in [1.29, 1.82) is 0 Å². The van der Waals surface area contributed by atoms with Gasteiger partial charge in [-0.05, 0) is 44.4 Å². The fourth-order valence-corrected chi connectivity index (χ4v) is 4.85. The molecular weight excluding hydrogens is 520 g/mol. The number of aromatic nitrogens is 4. The minimum Gasteiger partial charge on any atom is -0.353 e. The standard InChI is InChI=1S/C30H40N8O3/c1-21(2)18-25-30(41)33-22(3)29-35-28(23-10-5-4-6-11-23)36-38(29)20-27(40)32-15-17-37(16-9-13-26(39)34-25)19-24-12-7-8-14-31-24/h4-8,10-12,14,21-22,25H,9,13,15-20H2,1-3H3,(H,32,40)(H,33,41)(H,34,39)/t22-,25+/m0/s1. The van der Waals surface area contributed by atoms with Crippen LogP contribution in [0.25, 0.3) is 11.4 Å². The molecule has 0 saturated heterocycles. The summed E-state index contributed by atoms with van der Waals surface area (Å²) in [6, 6.07) is 14.0. The third-order valence-corrected chi connectivity index (χ3v) is 6.87. The van der Waals surface area contributed by atoms with E-state index >= 15 is 0 Å². The van der Waals surface area contributed by atoms with Crippen molar-refractivity contribution in [3.63, 3.8) is 0 Å². The Labute approximate surface area is 241 Å². The van der Waals surface area contributed by atoms with E-state index in [9.17, 15) is 14.4 Å². The Balaban J connectivity index is 1.59. The summed E-state index contributed by atoms with van der Waals surface area (Å²) in [5.41, 5.74) is 1.72. The molecule has 1 aliphatic rings. The van der Waals surface area contributed by atoms with E-state index in [1.807, 2.05) is 69.3 Å². The van der Waals surface area contributed by atoms with Crippen LogP contribution in [-0.4, -0.2) is 68.0 Å². The lowest BCUT2D eigenvalue weighted by Gasteiger charge is -2.23. The van der Waals surface area contributed by atoms with E-state index in [1.165, 1.54) is 0 Å². The van der Waals surface area contributed by atoms with Crippen molar-refractivity contribution in [2.45, 2.75) is 65.2 Å². The van der Waals surface area contributed by atoms with E-state index in [2.05, 4.69) is 30.9 Å². The Morgan fingerprint density at radius 1 is 0.976 bits per heavy atom. The van der Waals surface area contributed by atoms with Gasteiger partial charge in [0.1, 0.15) is 18.4 Å². The molecule has 0 aliphatic carbocycles. The van der Waals surface area contributed by atoms with E-state index in [1.54, 1.807) is 10.9 Å². The van der Waals surface area contributed by atoms with Crippen LogP contribution in [-0.2, 0) is 27.5 Å². The zero-order valence-corrected chi connectivity index (χ0v) is 24.0. The van der Waals surface area contributed by atoms with Gasteiger partial charge in [0.25, 0.3) is 0 Å². The number of hydrogen-bond acceptors (Lipinski definition) is 7. The second-order valence-electron chi connectivity index (χ2n) is 10.8. The van der Waals surface area contributed by atoms with Crippen LogP contribution in [0, 0.1) is 5.92 Å². The molecule has 0 bridgehead atoms. The van der Waals surface area contributed by atoms with E-state index in [4.69, 9.17) is 4.98 Å². The summed E-state index contributed by atoms with van der Waals surface area (Å²) in [4.78, 5) is 50.6. The first-order chi connectivity index (χ1) is 19.8. The van der Waals surface area contributed by atoms with Gasteiger partial charge >= 0.3 is 0 Å². The average Bonchev–Trinajstić information content (AvgIpc) is 3.36. The molecule has 11 nitrogen and oxygen atoms in total. The second kappa shape index (κ2) is 14.5. The maximum absolute atomic E-state index is 13.4. The topological polar surface area (TPSA) is 134 Å². The lowest BCUT2D eigenvalue weighted by molar-refractivity contribution is -0.129. The predicted octanol–water partition coefficient (Wildman–Crippen LogP) is 2.46. The number of carbonyl (C=O) groups is 3. The number of hydrogen-bond donors (Lipinski definition) is 3. The Morgan fingerprint density at radius 2 is 1.76 bits per heavy atom. The maximum Gasteiger partial charge on any atom is 0.243 e. The van der Waals surface area contributed by atoms with Crippen LogP contribution in [0.2, 0.25) is 0 Å². The molecule has 3 aromatic rings. The summed E-state index contributed by atoms with van der Waals surface area (Å²) in [5.74, 6) is 0.470. The van der Waals surface area contributed by atoms with Crippen LogP contribution in [0.1, 0.15) is 57.6 Å². The minimum absolute atomic E-state index is 0.0399. The summed E-state index contributed by atoms with van der Waals surface area (Å²) in [6.45, 7) is 8.06. The zero-order valence-electron chi connectivity index (χ0n) is 24.0. The van der Waals surface area contributed by atoms with Gasteiger partial charge in [0.05, 0.1) is 11.7 Å². The molecule has 11 heteroatoms. The molecule has 0 unspecified atom stereocenters. The lowest BCUT2D eigenvalue weighted by atomic mass is 10.0. The molecule has 3 heterocycles. The molecule has 1 aliphatic heterocycles. The maximum atomic E-state index is 13.4. The summed E-state index contributed by atoms with van der Waals surface area (Å²) in [5, 5.41) is 13.6. The molecule has 2 aromatic heterocycles. The third-order valence-electron chi connectivity index (χ3n) is 6.87. The van der Waals surface area contributed by atoms with Gasteiger partial charge in [-0.15, -0.1) is 0 Å². The van der Waals surface area contributed by atoms with Gasteiger partial charge in [-0.25, -0.2) is 9.67 Å². The number of rotatable bonds is 5. The van der Waals surface area contributed by atoms with Crippen molar-refractivity contribution in [2.75, 3.05) is 19.6 Å². The molecule has 0 saturated carbocycles. The van der Waals surface area contributed by atoms with E-state index in [0.717, 1.165) is 11.3 Å². The van der Waals surface area contributed by atoms with Gasteiger partial charge in [0, 0.05) is 37.8 Å². The predicted molar refractivity (Wildman–Crippen MR) is 155 cm³/mol. The normalized spacial score (nSPS) is 20.0. The smallest absolute Gasteiger partial charge is 0.243 e. The van der Waals surface area contributed by atoms with Crippen molar-refractivity contribution < 1.29 is 14.4 Å².